The molecular weight excluding hydrogens is 989 g/mol. The number of aliphatic hydroxyl groups excluding tert-OH is 4. The Hall–Kier alpha value is -2.90. The molecule has 348 valence electrons. The zero-order valence-corrected chi connectivity index (χ0v) is 49.0. The molecule has 0 bridgehead atoms. The van der Waals surface area contributed by atoms with Gasteiger partial charge in [-0.05, 0) is 48.0 Å². The third-order valence-corrected chi connectivity index (χ3v) is 11.2. The molecule has 6 rings (SSSR count). The molecule has 70 heavy (non-hydrogen) atoms. The maximum Gasteiger partial charge on any atom is 1.00 e. The number of nitrogens with zero attached hydrogens (tertiary/aromatic N) is 8. The van der Waals surface area contributed by atoms with Gasteiger partial charge in [-0.1, -0.05) is 30.8 Å². The zero-order valence-electron chi connectivity index (χ0n) is 39.4. The van der Waals surface area contributed by atoms with Crippen LogP contribution >= 0.6 is 0 Å². The Bertz CT molecular complexity index is 2890. The molecule has 0 aliphatic heterocycles. The zero-order chi connectivity index (χ0) is 47.4. The first-order valence-corrected chi connectivity index (χ1v) is 22.7. The van der Waals surface area contributed by atoms with Crippen LogP contribution in [0, 0.1) is 26.0 Å². The van der Waals surface area contributed by atoms with E-state index in [-0.39, 0.29) is 229 Å². The van der Waals surface area contributed by atoms with Gasteiger partial charge in [0.2, 0.25) is 35.7 Å². The van der Waals surface area contributed by atoms with Crippen molar-refractivity contribution in [2.75, 3.05) is 83.7 Å². The second-order valence-electron chi connectivity index (χ2n) is 14.2. The van der Waals surface area contributed by atoms with E-state index in [1.165, 1.54) is 47.1 Å². The Balaban J connectivity index is 0.00000420. The second-order valence-corrected chi connectivity index (χ2v) is 16.9. The molecule has 0 fully saturated rings. The standard InChI is InChI=1S/C42H46N12O10S2.4Na/c1-27-3-11-31(12-4-27)43-37-47-40(52-41(49-37)53(17-21-55)18-22-56)46-34-16-10-30(36(26-34)66(62,63)64)9-6-29-7-14-32(15-8-29)44-38-48-39(51-42(50-38)54(19-23-57)20-24-58)45-33-13-5-28(2)35(25-33)65(59,60)61;;;;/h3,5-7,9-16,25-26,55-58H,17-24H2,1-2H3,(H,59,60,61)(H,62,63,64)(H2,43,46,47,49,52)(H2,44,45,48,50,51);;;;/q-2;4*+1/p-2/b9-6+;;;;. The molecule has 0 radical (unpaired) electrons. The minimum atomic E-state index is -5.02. The molecule has 0 aliphatic rings. The van der Waals surface area contributed by atoms with E-state index >= 15 is 0 Å². The summed E-state index contributed by atoms with van der Waals surface area (Å²) < 4.78 is 73.1. The number of aliphatic hydroxyl groups is 4. The van der Waals surface area contributed by atoms with Gasteiger partial charge in [0.1, 0.15) is 20.2 Å². The first-order valence-electron chi connectivity index (χ1n) is 19.9. The van der Waals surface area contributed by atoms with Crippen LogP contribution in [-0.2, 0) is 20.2 Å². The first kappa shape index (κ1) is 63.2. The fraction of sp³-hybridized carbons (Fsp3) is 0.238. The van der Waals surface area contributed by atoms with Crippen molar-refractivity contribution in [3.63, 3.8) is 0 Å². The van der Waals surface area contributed by atoms with Crippen molar-refractivity contribution in [3.05, 3.63) is 107 Å². The summed E-state index contributed by atoms with van der Waals surface area (Å²) in [4.78, 5) is 28.5. The summed E-state index contributed by atoms with van der Waals surface area (Å²) in [6.07, 6.45) is 2.97. The van der Waals surface area contributed by atoms with Gasteiger partial charge in [-0.15, -0.1) is 36.4 Å². The average Bonchev–Trinajstić information content (AvgIpc) is 3.27. The summed E-state index contributed by atoms with van der Waals surface area (Å²) >= 11 is 0. The van der Waals surface area contributed by atoms with Gasteiger partial charge in [0.25, 0.3) is 0 Å². The monoisotopic (exact) mass is 1030 g/mol. The summed E-state index contributed by atoms with van der Waals surface area (Å²) in [5.74, 6) is 0.145. The Labute approximate surface area is 494 Å². The molecule has 0 saturated carbocycles. The molecule has 0 saturated heterocycles. The van der Waals surface area contributed by atoms with Crippen LogP contribution in [0.5, 0.6) is 0 Å². The van der Waals surface area contributed by atoms with E-state index in [1.54, 1.807) is 36.4 Å². The van der Waals surface area contributed by atoms with Crippen LogP contribution < -0.4 is 149 Å². The van der Waals surface area contributed by atoms with Crippen molar-refractivity contribution in [1.29, 1.82) is 0 Å². The Kier molecular flexibility index (Phi) is 26.8. The number of hydrogen-bond donors (Lipinski definition) is 8. The molecule has 0 unspecified atom stereocenters. The van der Waals surface area contributed by atoms with Crippen LogP contribution in [0.25, 0.3) is 12.2 Å². The number of benzene rings is 4. The number of anilines is 10. The van der Waals surface area contributed by atoms with Crippen LogP contribution in [0.2, 0.25) is 0 Å². The van der Waals surface area contributed by atoms with Crippen molar-refractivity contribution in [2.45, 2.75) is 23.6 Å². The van der Waals surface area contributed by atoms with Gasteiger partial charge in [0.05, 0.1) is 36.2 Å². The number of nitrogens with one attached hydrogen (secondary N) is 4. The fourth-order valence-electron chi connectivity index (χ4n) is 6.15. The molecule has 4 aromatic carbocycles. The molecule has 2 aromatic heterocycles. The third-order valence-electron chi connectivity index (χ3n) is 9.30. The summed E-state index contributed by atoms with van der Waals surface area (Å²) in [5.41, 5.74) is 3.10. The number of aryl methyl sites for hydroxylation is 2. The largest absolute Gasteiger partial charge is 1.00 e. The second kappa shape index (κ2) is 29.7. The van der Waals surface area contributed by atoms with E-state index in [0.717, 1.165) is 17.7 Å². The molecule has 2 heterocycles. The maximum absolute atomic E-state index is 12.6. The molecule has 6 aromatic rings. The predicted molar refractivity (Wildman–Crippen MR) is 243 cm³/mol. The number of aromatic nitrogens is 6. The van der Waals surface area contributed by atoms with Gasteiger partial charge < -0.3 is 60.6 Å². The number of rotatable bonds is 22. The molecule has 0 amide bonds. The van der Waals surface area contributed by atoms with Gasteiger partial charge in [0, 0.05) is 37.6 Å². The molecule has 28 heteroatoms. The van der Waals surface area contributed by atoms with Gasteiger partial charge in [0.15, 0.2) is 0 Å². The van der Waals surface area contributed by atoms with Crippen LogP contribution in [0.15, 0.2) is 82.6 Å². The minimum absolute atomic E-state index is 0. The Morgan fingerprint density at radius 2 is 0.929 bits per heavy atom. The molecule has 0 aliphatic carbocycles. The van der Waals surface area contributed by atoms with Gasteiger partial charge in [-0.3, -0.25) is 0 Å². The molecule has 22 nitrogen and oxygen atoms in total. The van der Waals surface area contributed by atoms with Crippen molar-refractivity contribution >= 4 is 90.8 Å². The van der Waals surface area contributed by atoms with E-state index < -0.39 is 30.0 Å². The van der Waals surface area contributed by atoms with Crippen molar-refractivity contribution in [2.24, 2.45) is 0 Å². The number of hydrogen-bond acceptors (Lipinski definition) is 22. The maximum atomic E-state index is 12.6. The van der Waals surface area contributed by atoms with Crippen LogP contribution in [0.3, 0.4) is 0 Å². The topological polar surface area (TPSA) is 327 Å². The van der Waals surface area contributed by atoms with E-state index in [0.29, 0.717) is 16.9 Å². The van der Waals surface area contributed by atoms with E-state index in [4.69, 9.17) is 0 Å². The normalized spacial score (nSPS) is 11.0. The van der Waals surface area contributed by atoms with Crippen molar-refractivity contribution in [3.8, 4) is 0 Å². The Morgan fingerprint density at radius 1 is 0.529 bits per heavy atom. The third kappa shape index (κ3) is 18.5. The van der Waals surface area contributed by atoms with Crippen molar-refractivity contribution in [1.82, 2.24) is 29.9 Å². The Morgan fingerprint density at radius 3 is 1.33 bits per heavy atom. The molecule has 0 atom stereocenters. The summed E-state index contributed by atoms with van der Waals surface area (Å²) in [5, 5.41) is 50.4. The smallest absolute Gasteiger partial charge is 0.744 e. The van der Waals surface area contributed by atoms with Gasteiger partial charge in [-0.2, -0.15) is 59.2 Å². The molecular formula is C42H44N12Na4O10S2. The summed E-state index contributed by atoms with van der Waals surface area (Å²) in [7, 11) is -9.81. The van der Waals surface area contributed by atoms with E-state index in [1.807, 2.05) is 13.0 Å². The fourth-order valence-corrected chi connectivity index (χ4v) is 7.58. The van der Waals surface area contributed by atoms with Crippen LogP contribution in [0.4, 0.5) is 58.4 Å². The quantitative estimate of drug-likeness (QED) is 0.0135. The average molecular weight is 1030 g/mol. The van der Waals surface area contributed by atoms with E-state index in [9.17, 15) is 46.4 Å². The van der Waals surface area contributed by atoms with Crippen molar-refractivity contribution < 1.29 is 165 Å². The molecule has 8 N–H and O–H groups in total. The van der Waals surface area contributed by atoms with Gasteiger partial charge in [-0.25, -0.2) is 16.8 Å². The summed E-state index contributed by atoms with van der Waals surface area (Å²) in [6, 6.07) is 24.5. The minimum Gasteiger partial charge on any atom is -0.744 e. The first-order chi connectivity index (χ1) is 31.5. The summed E-state index contributed by atoms with van der Waals surface area (Å²) in [6.45, 7) is 2.55. The molecule has 0 spiro atoms. The van der Waals surface area contributed by atoms with Crippen LogP contribution in [0.1, 0.15) is 22.3 Å². The van der Waals surface area contributed by atoms with Crippen LogP contribution in [-0.4, -0.2) is 129 Å². The predicted octanol–water partition coefficient (Wildman–Crippen LogP) is -9.18. The van der Waals surface area contributed by atoms with Gasteiger partial charge >= 0.3 is 118 Å². The SMILES string of the molecule is Cc1[c-]cc(Nc2nc(Nc3ccc(/C=C/c4[c-]cc(Nc5nc(Nc6ccc(C)c(S(=O)(=O)[O-])c6)nc(N(CCO)CCO)n5)cc4)c(S(=O)(=O)[O-])c3)nc(N(CCO)CCO)n2)cc1.[Na+].[Na+].[Na+].[Na+]. The van der Waals surface area contributed by atoms with E-state index in [2.05, 4.69) is 63.3 Å².